The molecule has 2 aromatic rings. The largest absolute Gasteiger partial charge is 0.343 e. The molecule has 0 radical (unpaired) electrons. The maximum atomic E-state index is 14.4. The van der Waals surface area contributed by atoms with Gasteiger partial charge in [-0.2, -0.15) is 0 Å². The molecule has 1 aromatic heterocycles. The molecule has 1 aliphatic heterocycles. The van der Waals surface area contributed by atoms with Gasteiger partial charge in [-0.3, -0.25) is 9.59 Å². The van der Waals surface area contributed by atoms with Crippen LogP contribution in [0.1, 0.15) is 63.6 Å². The number of rotatable bonds is 8. The van der Waals surface area contributed by atoms with Gasteiger partial charge in [0.25, 0.3) is 0 Å². The third-order valence-corrected chi connectivity index (χ3v) is 7.70. The monoisotopic (exact) mass is 495 g/mol. The van der Waals surface area contributed by atoms with Crippen LogP contribution in [0.3, 0.4) is 0 Å². The van der Waals surface area contributed by atoms with Crippen LogP contribution in [0.25, 0.3) is 0 Å². The standard InChI is InChI=1S/C28H38FN5O2/c1-19(30-2)27(35)32-26(20-11-5-4-6-12-20)28(36)34-18-10-16-24(34)22-14-9-17-25(31-22)33(3)23-15-8-7-13-21(23)29/h7-9,13-15,17,19-20,24,26,30H,4-6,10-12,16,18H2,1-3H3,(H,32,35)/t19?,24?,26-/m0/s1. The summed E-state index contributed by atoms with van der Waals surface area (Å²) in [6.07, 6.45) is 6.93. The van der Waals surface area contributed by atoms with E-state index in [1.807, 2.05) is 23.1 Å². The molecule has 1 aromatic carbocycles. The average Bonchev–Trinajstić information content (AvgIpc) is 3.41. The van der Waals surface area contributed by atoms with Crippen LogP contribution in [0.5, 0.6) is 0 Å². The number of likely N-dealkylation sites (tertiary alicyclic amines) is 1. The Bertz CT molecular complexity index is 1060. The molecular weight excluding hydrogens is 457 g/mol. The lowest BCUT2D eigenvalue weighted by atomic mass is 9.83. The lowest BCUT2D eigenvalue weighted by Gasteiger charge is -2.35. The Morgan fingerprint density at radius 3 is 2.53 bits per heavy atom. The minimum absolute atomic E-state index is 0.0179. The van der Waals surface area contributed by atoms with E-state index in [0.29, 0.717) is 18.1 Å². The predicted octanol–water partition coefficient (Wildman–Crippen LogP) is 4.33. The number of likely N-dealkylation sites (N-methyl/N-ethyl adjacent to an activating group) is 1. The van der Waals surface area contributed by atoms with Crippen molar-refractivity contribution in [2.45, 2.75) is 70.0 Å². The maximum absolute atomic E-state index is 14.4. The van der Waals surface area contributed by atoms with Crippen molar-refractivity contribution < 1.29 is 14.0 Å². The zero-order valence-electron chi connectivity index (χ0n) is 21.5. The fourth-order valence-electron chi connectivity index (χ4n) is 5.43. The number of carbonyl (C=O) groups is 2. The molecule has 8 heteroatoms. The highest BCUT2D eigenvalue weighted by Crippen LogP contribution is 2.35. The summed E-state index contributed by atoms with van der Waals surface area (Å²) < 4.78 is 14.4. The van der Waals surface area contributed by atoms with Crippen LogP contribution in [0.2, 0.25) is 0 Å². The van der Waals surface area contributed by atoms with E-state index in [-0.39, 0.29) is 35.6 Å². The van der Waals surface area contributed by atoms with E-state index in [2.05, 4.69) is 10.6 Å². The summed E-state index contributed by atoms with van der Waals surface area (Å²) in [5, 5.41) is 6.05. The Kier molecular flexibility index (Phi) is 8.56. The first-order chi connectivity index (χ1) is 17.4. The Labute approximate surface area is 213 Å². The van der Waals surface area contributed by atoms with Gasteiger partial charge in [0, 0.05) is 13.6 Å². The van der Waals surface area contributed by atoms with E-state index >= 15 is 0 Å². The molecule has 1 aliphatic carbocycles. The summed E-state index contributed by atoms with van der Waals surface area (Å²) in [5.74, 6) is 0.287. The van der Waals surface area contributed by atoms with Gasteiger partial charge in [-0.25, -0.2) is 9.37 Å². The van der Waals surface area contributed by atoms with Crippen LogP contribution in [0.15, 0.2) is 42.5 Å². The molecule has 7 nitrogen and oxygen atoms in total. The van der Waals surface area contributed by atoms with E-state index in [9.17, 15) is 14.0 Å². The quantitative estimate of drug-likeness (QED) is 0.570. The lowest BCUT2D eigenvalue weighted by molar-refractivity contribution is -0.139. The third kappa shape index (κ3) is 5.69. The van der Waals surface area contributed by atoms with E-state index in [1.165, 1.54) is 12.5 Å². The first kappa shape index (κ1) is 26.1. The molecule has 2 unspecified atom stereocenters. The number of carbonyl (C=O) groups excluding carboxylic acids is 2. The second kappa shape index (κ2) is 11.8. The first-order valence-corrected chi connectivity index (χ1v) is 13.1. The fraction of sp³-hybridized carbons (Fsp3) is 0.536. The molecule has 2 heterocycles. The van der Waals surface area contributed by atoms with Crippen molar-refractivity contribution in [1.29, 1.82) is 0 Å². The van der Waals surface area contributed by atoms with E-state index in [1.54, 1.807) is 44.1 Å². The third-order valence-electron chi connectivity index (χ3n) is 7.70. The van der Waals surface area contributed by atoms with Gasteiger partial charge in [0.2, 0.25) is 11.8 Å². The molecule has 2 N–H and O–H groups in total. The van der Waals surface area contributed by atoms with Crippen molar-refractivity contribution in [3.63, 3.8) is 0 Å². The zero-order valence-corrected chi connectivity index (χ0v) is 21.5. The van der Waals surface area contributed by atoms with Gasteiger partial charge in [0.15, 0.2) is 0 Å². The number of nitrogens with zero attached hydrogens (tertiary/aromatic N) is 3. The van der Waals surface area contributed by atoms with E-state index < -0.39 is 6.04 Å². The maximum Gasteiger partial charge on any atom is 0.246 e. The van der Waals surface area contributed by atoms with Crippen molar-refractivity contribution in [1.82, 2.24) is 20.5 Å². The van der Waals surface area contributed by atoms with Gasteiger partial charge in [-0.1, -0.05) is 37.5 Å². The number of anilines is 2. The summed E-state index contributed by atoms with van der Waals surface area (Å²) in [6, 6.07) is 11.2. The number of benzene rings is 1. The van der Waals surface area contributed by atoms with Gasteiger partial charge >= 0.3 is 0 Å². The Hall–Kier alpha value is -3.00. The highest BCUT2D eigenvalue weighted by molar-refractivity contribution is 5.90. The van der Waals surface area contributed by atoms with Gasteiger partial charge in [-0.15, -0.1) is 0 Å². The molecule has 0 spiro atoms. The summed E-state index contributed by atoms with van der Waals surface area (Å²) in [7, 11) is 3.54. The topological polar surface area (TPSA) is 77.6 Å². The van der Waals surface area contributed by atoms with Crippen LogP contribution in [0.4, 0.5) is 15.9 Å². The molecule has 4 rings (SSSR count). The number of aromatic nitrogens is 1. The fourth-order valence-corrected chi connectivity index (χ4v) is 5.43. The molecule has 36 heavy (non-hydrogen) atoms. The first-order valence-electron chi connectivity index (χ1n) is 13.1. The summed E-state index contributed by atoms with van der Waals surface area (Å²) in [5.41, 5.74) is 1.24. The Morgan fingerprint density at radius 2 is 1.81 bits per heavy atom. The number of pyridine rings is 1. The highest BCUT2D eigenvalue weighted by atomic mass is 19.1. The van der Waals surface area contributed by atoms with Crippen molar-refractivity contribution >= 4 is 23.3 Å². The van der Waals surface area contributed by atoms with E-state index in [0.717, 1.165) is 44.2 Å². The summed E-state index contributed by atoms with van der Waals surface area (Å²) in [6.45, 7) is 2.44. The van der Waals surface area contributed by atoms with E-state index in [4.69, 9.17) is 4.98 Å². The molecule has 2 amide bonds. The van der Waals surface area contributed by atoms with Gasteiger partial charge < -0.3 is 20.4 Å². The minimum Gasteiger partial charge on any atom is -0.343 e. The van der Waals surface area contributed by atoms with Crippen LogP contribution in [0, 0.1) is 11.7 Å². The van der Waals surface area contributed by atoms with Crippen molar-refractivity contribution in [3.8, 4) is 0 Å². The number of para-hydroxylation sites is 1. The van der Waals surface area contributed by atoms with Crippen LogP contribution >= 0.6 is 0 Å². The number of amides is 2. The molecule has 1 saturated heterocycles. The average molecular weight is 496 g/mol. The van der Waals surface area contributed by atoms with Crippen molar-refractivity contribution in [2.75, 3.05) is 25.5 Å². The van der Waals surface area contributed by atoms with Crippen molar-refractivity contribution in [3.05, 3.63) is 54.0 Å². The number of hydrogen-bond donors (Lipinski definition) is 2. The van der Waals surface area contributed by atoms with Gasteiger partial charge in [0.1, 0.15) is 17.7 Å². The smallest absolute Gasteiger partial charge is 0.246 e. The number of nitrogens with one attached hydrogen (secondary N) is 2. The summed E-state index contributed by atoms with van der Waals surface area (Å²) >= 11 is 0. The van der Waals surface area contributed by atoms with Gasteiger partial charge in [-0.05, 0) is 69.8 Å². The Morgan fingerprint density at radius 1 is 1.06 bits per heavy atom. The van der Waals surface area contributed by atoms with Crippen LogP contribution in [-0.2, 0) is 9.59 Å². The molecule has 1 saturated carbocycles. The summed E-state index contributed by atoms with van der Waals surface area (Å²) in [4.78, 5) is 35.2. The molecule has 3 atom stereocenters. The lowest BCUT2D eigenvalue weighted by Crippen LogP contribution is -2.55. The minimum atomic E-state index is -0.529. The van der Waals surface area contributed by atoms with Crippen molar-refractivity contribution in [2.24, 2.45) is 5.92 Å². The molecule has 0 bridgehead atoms. The Balaban J connectivity index is 1.57. The molecular formula is C28H38FN5O2. The molecule has 2 fully saturated rings. The zero-order chi connectivity index (χ0) is 25.7. The number of hydrogen-bond acceptors (Lipinski definition) is 5. The second-order valence-corrected chi connectivity index (χ2v) is 10.0. The van der Waals surface area contributed by atoms with Crippen LogP contribution < -0.4 is 15.5 Å². The predicted molar refractivity (Wildman–Crippen MR) is 139 cm³/mol. The second-order valence-electron chi connectivity index (χ2n) is 10.0. The van der Waals surface area contributed by atoms with Crippen LogP contribution in [-0.4, -0.2) is 54.4 Å². The molecule has 194 valence electrons. The normalized spacial score (nSPS) is 20.1. The molecule has 2 aliphatic rings. The highest BCUT2D eigenvalue weighted by Gasteiger charge is 2.39. The SMILES string of the molecule is CNC(C)C(=O)N[C@H](C(=O)N1CCCC1c1cccc(N(C)c2ccccc2F)n1)C1CCCCC1. The van der Waals surface area contributed by atoms with Gasteiger partial charge in [0.05, 0.1) is 23.5 Å². The number of halogens is 1.